The van der Waals surface area contributed by atoms with E-state index >= 15 is 0 Å². The maximum absolute atomic E-state index is 4.97. The van der Waals surface area contributed by atoms with Crippen molar-refractivity contribution in [1.82, 2.24) is 5.32 Å². The van der Waals surface area contributed by atoms with E-state index in [1.807, 2.05) is 0 Å². The van der Waals surface area contributed by atoms with E-state index in [0.29, 0.717) is 0 Å². The van der Waals surface area contributed by atoms with Gasteiger partial charge in [-0.1, -0.05) is 206 Å². The summed E-state index contributed by atoms with van der Waals surface area (Å²) in [4.78, 5) is 0. The summed E-state index contributed by atoms with van der Waals surface area (Å²) in [5.41, 5.74) is 0. The summed E-state index contributed by atoms with van der Waals surface area (Å²) in [5.74, 6) is 0. The van der Waals surface area contributed by atoms with E-state index < -0.39 is 14.7 Å². The van der Waals surface area contributed by atoms with E-state index in [0.717, 1.165) is 0 Å². The average Bonchev–Trinajstić information content (AvgIpc) is 2.95. The van der Waals surface area contributed by atoms with Crippen LogP contribution < -0.4 is 5.32 Å². The molecule has 0 aliphatic heterocycles. The fourth-order valence-electron chi connectivity index (χ4n) is 5.72. The minimum atomic E-state index is -1.92. The van der Waals surface area contributed by atoms with Gasteiger partial charge in [0.1, 0.15) is 0 Å². The van der Waals surface area contributed by atoms with Crippen LogP contribution in [0.3, 0.4) is 0 Å². The molecule has 0 fully saturated rings. The summed E-state index contributed by atoms with van der Waals surface area (Å²) < 4.78 is 0. The Morgan fingerprint density at radius 2 is 0.439 bits per heavy atom. The quantitative estimate of drug-likeness (QED) is 0.0529. The van der Waals surface area contributed by atoms with Crippen LogP contribution in [-0.4, -0.2) is 13.1 Å². The van der Waals surface area contributed by atoms with Gasteiger partial charge >= 0.3 is 42.6 Å². The zero-order valence-electron chi connectivity index (χ0n) is 28.2. The molecule has 0 aliphatic rings. The molecular formula is C36H75Cl3NTi. The van der Waals surface area contributed by atoms with Crippen LogP contribution in [0.4, 0.5) is 0 Å². The Balaban J connectivity index is 0. The van der Waals surface area contributed by atoms with Gasteiger partial charge in [-0.3, -0.25) is 0 Å². The molecule has 0 bridgehead atoms. The Kier molecular flexibility index (Phi) is 47.6. The van der Waals surface area contributed by atoms with Crippen molar-refractivity contribution in [2.75, 3.05) is 13.1 Å². The van der Waals surface area contributed by atoms with Gasteiger partial charge in [-0.25, -0.2) is 0 Å². The van der Waals surface area contributed by atoms with Crippen LogP contribution in [0.15, 0.2) is 0 Å². The summed E-state index contributed by atoms with van der Waals surface area (Å²) in [6, 6.07) is 0. The molecule has 1 N–H and O–H groups in total. The summed E-state index contributed by atoms with van der Waals surface area (Å²) in [7, 11) is 14.9. The predicted octanol–water partition coefficient (Wildman–Crippen LogP) is 15.2. The Hall–Kier alpha value is 1.54. The number of rotatable bonds is 34. The first-order chi connectivity index (χ1) is 20.1. The topological polar surface area (TPSA) is 12.0 Å². The van der Waals surface area contributed by atoms with Crippen molar-refractivity contribution >= 4 is 27.9 Å². The van der Waals surface area contributed by atoms with Crippen molar-refractivity contribution in [3.63, 3.8) is 0 Å². The van der Waals surface area contributed by atoms with Crippen molar-refractivity contribution in [2.45, 2.75) is 219 Å². The van der Waals surface area contributed by atoms with Gasteiger partial charge in [-0.2, -0.15) is 0 Å². The number of nitrogens with one attached hydrogen (secondary N) is 1. The second kappa shape index (κ2) is 43.7. The summed E-state index contributed by atoms with van der Waals surface area (Å²) in [6.45, 7) is 7.11. The Bertz CT molecular complexity index is 389. The molecule has 0 spiro atoms. The van der Waals surface area contributed by atoms with Gasteiger partial charge in [0.25, 0.3) is 0 Å². The second-order valence-electron chi connectivity index (χ2n) is 12.6. The molecular weight excluding hydrogens is 601 g/mol. The molecule has 0 unspecified atom stereocenters. The summed E-state index contributed by atoms with van der Waals surface area (Å²) in [5, 5.41) is 3.68. The van der Waals surface area contributed by atoms with E-state index in [4.69, 9.17) is 27.9 Å². The fourth-order valence-corrected chi connectivity index (χ4v) is 5.72. The molecule has 5 heteroatoms. The van der Waals surface area contributed by atoms with Crippen molar-refractivity contribution in [2.24, 2.45) is 0 Å². The second-order valence-corrected chi connectivity index (χ2v) is 20.3. The molecule has 0 aromatic rings. The molecule has 0 saturated heterocycles. The fraction of sp³-hybridized carbons (Fsp3) is 1.00. The van der Waals surface area contributed by atoms with Crippen LogP contribution in [0.1, 0.15) is 219 Å². The van der Waals surface area contributed by atoms with Gasteiger partial charge < -0.3 is 5.32 Å². The van der Waals surface area contributed by atoms with Crippen molar-refractivity contribution in [3.8, 4) is 0 Å². The first-order valence-corrected chi connectivity index (χ1v) is 25.1. The third-order valence-electron chi connectivity index (χ3n) is 8.41. The first-order valence-electron chi connectivity index (χ1n) is 18.7. The number of hydrogen-bond acceptors (Lipinski definition) is 1. The zero-order valence-corrected chi connectivity index (χ0v) is 32.0. The molecule has 0 radical (unpaired) electrons. The molecule has 0 atom stereocenters. The molecule has 0 aromatic heterocycles. The third-order valence-corrected chi connectivity index (χ3v) is 8.41. The Morgan fingerprint density at radius 1 is 0.293 bits per heavy atom. The van der Waals surface area contributed by atoms with E-state index in [1.165, 1.54) is 219 Å². The van der Waals surface area contributed by atoms with Crippen molar-refractivity contribution in [1.29, 1.82) is 0 Å². The number of halogens is 3. The maximum atomic E-state index is 4.97. The molecule has 0 saturated carbocycles. The van der Waals surface area contributed by atoms with Gasteiger partial charge in [0.05, 0.1) is 0 Å². The Morgan fingerprint density at radius 3 is 0.610 bits per heavy atom. The van der Waals surface area contributed by atoms with E-state index in [9.17, 15) is 0 Å². The number of unbranched alkanes of at least 4 members (excludes halogenated alkanes) is 30. The SMILES string of the molecule is CCCCCCCCCCCCCCCCCCNCCCCCCCCCCCCCCCCCC.[Cl][Ti]([Cl])[Cl]. The van der Waals surface area contributed by atoms with Gasteiger partial charge in [0.15, 0.2) is 0 Å². The molecule has 249 valence electrons. The van der Waals surface area contributed by atoms with Crippen LogP contribution >= 0.6 is 27.9 Å². The van der Waals surface area contributed by atoms with Crippen LogP contribution in [0.2, 0.25) is 0 Å². The predicted molar refractivity (Wildman–Crippen MR) is 190 cm³/mol. The average molecular weight is 676 g/mol. The molecule has 41 heavy (non-hydrogen) atoms. The third kappa shape index (κ3) is 51.4. The van der Waals surface area contributed by atoms with Gasteiger partial charge in [-0.05, 0) is 25.9 Å². The van der Waals surface area contributed by atoms with Crippen LogP contribution in [0.25, 0.3) is 0 Å². The van der Waals surface area contributed by atoms with Gasteiger partial charge in [0.2, 0.25) is 0 Å². The van der Waals surface area contributed by atoms with Crippen LogP contribution in [0, 0.1) is 0 Å². The zero-order chi connectivity index (χ0) is 30.3. The molecule has 0 aliphatic carbocycles. The van der Waals surface area contributed by atoms with Gasteiger partial charge in [-0.15, -0.1) is 0 Å². The van der Waals surface area contributed by atoms with Crippen LogP contribution in [0.5, 0.6) is 0 Å². The van der Waals surface area contributed by atoms with E-state index in [2.05, 4.69) is 19.2 Å². The van der Waals surface area contributed by atoms with Crippen molar-refractivity contribution < 1.29 is 14.7 Å². The van der Waals surface area contributed by atoms with Gasteiger partial charge in [0, 0.05) is 0 Å². The Labute approximate surface area is 278 Å². The molecule has 0 aromatic carbocycles. The molecule has 1 nitrogen and oxygen atoms in total. The van der Waals surface area contributed by atoms with E-state index in [-0.39, 0.29) is 0 Å². The molecule has 0 heterocycles. The molecule has 0 amide bonds. The van der Waals surface area contributed by atoms with Crippen molar-refractivity contribution in [3.05, 3.63) is 0 Å². The number of hydrogen-bond donors (Lipinski definition) is 1. The normalized spacial score (nSPS) is 11.0. The monoisotopic (exact) mass is 674 g/mol. The van der Waals surface area contributed by atoms with Crippen LogP contribution in [-0.2, 0) is 14.7 Å². The summed E-state index contributed by atoms with van der Waals surface area (Å²) in [6.07, 6.45) is 46.7. The van der Waals surface area contributed by atoms with E-state index in [1.54, 1.807) is 0 Å². The standard InChI is InChI=1S/C36H75N.3ClH.Ti/c1-3-5-7-9-11-13-15-17-19-21-23-25-27-29-31-33-35-37-36-34-32-30-28-26-24-22-20-18-16-14-12-10-8-6-4-2;;;;/h37H,3-36H2,1-2H3;3*1H;/q;;;;+3/p-3. The minimum absolute atomic E-state index is 1.25. The first kappa shape index (κ1) is 44.7. The summed E-state index contributed by atoms with van der Waals surface area (Å²) >= 11 is -1.92. The molecule has 0 rings (SSSR count).